The van der Waals surface area contributed by atoms with E-state index in [1.54, 1.807) is 0 Å². The van der Waals surface area contributed by atoms with E-state index < -0.39 is 7.82 Å². The molecule has 4 nitrogen and oxygen atoms in total. The topological polar surface area (TPSA) is 66.8 Å². The number of rotatable bonds is 17. The molecule has 1 atom stereocenters. The third-order valence-corrected chi connectivity index (χ3v) is 6.23. The summed E-state index contributed by atoms with van der Waals surface area (Å²) in [7, 11) is -1.06. The summed E-state index contributed by atoms with van der Waals surface area (Å²) in [5.74, 6) is 0. The van der Waals surface area contributed by atoms with Crippen molar-refractivity contribution >= 4 is 17.1 Å². The maximum absolute atomic E-state index is 10.2. The van der Waals surface area contributed by atoms with E-state index in [1.807, 2.05) is 0 Å². The van der Waals surface area contributed by atoms with Crippen LogP contribution in [0, 0.1) is 0 Å². The first kappa shape index (κ1) is 29.7. The average molecular weight is 427 g/mol. The molecule has 0 aliphatic rings. The van der Waals surface area contributed by atoms with Crippen LogP contribution in [0.25, 0.3) is 0 Å². The third kappa shape index (κ3) is 24.5. The Bertz CT molecular complexity index is 323. The fourth-order valence-electron chi connectivity index (χ4n) is 3.03. The Balaban J connectivity index is 0. The number of hydrogen-bond acceptors (Lipinski definition) is 2. The van der Waals surface area contributed by atoms with E-state index in [9.17, 15) is 4.57 Å². The molecular formula is C21H48O4P2. The molecule has 0 amide bonds. The van der Waals surface area contributed by atoms with Crippen LogP contribution >= 0.6 is 17.1 Å². The molecule has 0 bridgehead atoms. The highest BCUT2D eigenvalue weighted by molar-refractivity contribution is 7.46. The van der Waals surface area contributed by atoms with Gasteiger partial charge in [0.1, 0.15) is 0 Å². The van der Waals surface area contributed by atoms with E-state index in [0.29, 0.717) is 5.16 Å². The summed E-state index contributed by atoms with van der Waals surface area (Å²) in [6.45, 7) is 9.20. The summed E-state index contributed by atoms with van der Waals surface area (Å²) in [5.41, 5.74) is 0. The van der Waals surface area contributed by atoms with Gasteiger partial charge < -0.3 is 9.79 Å². The van der Waals surface area contributed by atoms with Crippen molar-refractivity contribution < 1.29 is 18.9 Å². The van der Waals surface area contributed by atoms with Gasteiger partial charge in [-0.05, 0) is 30.8 Å². The standard InChI is InChI=1S/C13H29P.C8H19O4P/c1-4-7-10-13(14,11-8-5-2)12-9-6-3;1-2-3-4-5-6-7-8-12-13(9,10)11/h4-12,14H2,1-3H3;2-8H2,1H3,(H2,9,10,11). The number of unbranched alkanes of at least 4 members (excludes halogenated alkanes) is 8. The summed E-state index contributed by atoms with van der Waals surface area (Å²) in [4.78, 5) is 16.7. The molecule has 0 saturated heterocycles. The summed E-state index contributed by atoms with van der Waals surface area (Å²) in [6, 6.07) is 0. The third-order valence-electron chi connectivity index (χ3n) is 4.84. The normalized spacial score (nSPS) is 12.0. The highest BCUT2D eigenvalue weighted by atomic mass is 31.2. The number of hydrogen-bond donors (Lipinski definition) is 2. The SMILES string of the molecule is CCCCC(P)(CCCC)CCCC.CCCCCCCCOP(=O)(O)O. The van der Waals surface area contributed by atoms with Crippen LogP contribution in [-0.2, 0) is 9.09 Å². The minimum Gasteiger partial charge on any atom is -0.303 e. The number of phosphoric acid groups is 1. The van der Waals surface area contributed by atoms with E-state index >= 15 is 0 Å². The van der Waals surface area contributed by atoms with E-state index in [4.69, 9.17) is 9.79 Å². The van der Waals surface area contributed by atoms with Crippen LogP contribution in [0.3, 0.4) is 0 Å². The molecule has 0 aromatic heterocycles. The Morgan fingerprint density at radius 3 is 1.44 bits per heavy atom. The molecule has 0 spiro atoms. The Hall–Kier alpha value is 0.540. The highest BCUT2D eigenvalue weighted by Crippen LogP contribution is 2.36. The summed E-state index contributed by atoms with van der Waals surface area (Å²) < 4.78 is 14.5. The van der Waals surface area contributed by atoms with Crippen molar-refractivity contribution in [1.82, 2.24) is 0 Å². The highest BCUT2D eigenvalue weighted by Gasteiger charge is 2.22. The first-order chi connectivity index (χ1) is 12.7. The van der Waals surface area contributed by atoms with Crippen LogP contribution in [0.1, 0.15) is 124 Å². The Labute approximate surface area is 172 Å². The van der Waals surface area contributed by atoms with Gasteiger partial charge in [-0.25, -0.2) is 4.57 Å². The predicted octanol–water partition coefficient (Wildman–Crippen LogP) is 7.63. The van der Waals surface area contributed by atoms with Crippen LogP contribution in [0.5, 0.6) is 0 Å². The van der Waals surface area contributed by atoms with Crippen molar-refractivity contribution in [3.8, 4) is 0 Å². The zero-order valence-electron chi connectivity index (χ0n) is 18.5. The van der Waals surface area contributed by atoms with Gasteiger partial charge in [-0.3, -0.25) is 4.52 Å². The molecule has 166 valence electrons. The molecule has 0 fully saturated rings. The minimum atomic E-state index is -4.23. The Kier molecular flexibility index (Phi) is 21.9. The molecule has 2 N–H and O–H groups in total. The van der Waals surface area contributed by atoms with Crippen LogP contribution in [0.15, 0.2) is 0 Å². The molecule has 0 heterocycles. The molecule has 0 aliphatic heterocycles. The largest absolute Gasteiger partial charge is 0.469 e. The molecule has 6 heteroatoms. The zero-order valence-corrected chi connectivity index (χ0v) is 20.6. The van der Waals surface area contributed by atoms with Gasteiger partial charge in [0, 0.05) is 0 Å². The lowest BCUT2D eigenvalue weighted by Crippen LogP contribution is -2.20. The van der Waals surface area contributed by atoms with Crippen LogP contribution < -0.4 is 0 Å². The van der Waals surface area contributed by atoms with Gasteiger partial charge in [0.2, 0.25) is 0 Å². The van der Waals surface area contributed by atoms with Gasteiger partial charge in [0.05, 0.1) is 6.61 Å². The predicted molar refractivity (Wildman–Crippen MR) is 122 cm³/mol. The van der Waals surface area contributed by atoms with Gasteiger partial charge >= 0.3 is 7.82 Å². The quantitative estimate of drug-likeness (QED) is 0.185. The Morgan fingerprint density at radius 1 is 0.704 bits per heavy atom. The molecule has 27 heavy (non-hydrogen) atoms. The van der Waals surface area contributed by atoms with E-state index in [0.717, 1.165) is 19.3 Å². The molecule has 0 aromatic rings. The smallest absolute Gasteiger partial charge is 0.303 e. The molecule has 0 aromatic carbocycles. The van der Waals surface area contributed by atoms with E-state index in [2.05, 4.69) is 41.5 Å². The Morgan fingerprint density at radius 2 is 1.07 bits per heavy atom. The first-order valence-corrected chi connectivity index (χ1v) is 13.3. The summed E-state index contributed by atoms with van der Waals surface area (Å²) in [5, 5.41) is 0.571. The molecule has 0 rings (SSSR count). The van der Waals surface area contributed by atoms with E-state index in [-0.39, 0.29) is 6.61 Å². The van der Waals surface area contributed by atoms with Gasteiger partial charge in [-0.15, -0.1) is 9.24 Å². The lowest BCUT2D eigenvalue weighted by Gasteiger charge is -2.29. The molecule has 0 radical (unpaired) electrons. The molecule has 1 unspecified atom stereocenters. The van der Waals surface area contributed by atoms with Gasteiger partial charge in [0.25, 0.3) is 0 Å². The molecule has 0 aliphatic carbocycles. The molecular weight excluding hydrogens is 378 g/mol. The maximum atomic E-state index is 10.2. The lowest BCUT2D eigenvalue weighted by molar-refractivity contribution is 0.193. The number of phosphoric ester groups is 1. The monoisotopic (exact) mass is 426 g/mol. The fourth-order valence-corrected chi connectivity index (χ4v) is 4.01. The zero-order chi connectivity index (χ0) is 21.0. The average Bonchev–Trinajstić information content (AvgIpc) is 2.62. The second-order valence-electron chi connectivity index (χ2n) is 7.76. The lowest BCUT2D eigenvalue weighted by atomic mass is 9.90. The van der Waals surface area contributed by atoms with Crippen molar-refractivity contribution in [2.75, 3.05) is 6.61 Å². The van der Waals surface area contributed by atoms with E-state index in [1.165, 1.54) is 77.0 Å². The van der Waals surface area contributed by atoms with Gasteiger partial charge in [0.15, 0.2) is 0 Å². The van der Waals surface area contributed by atoms with Crippen LogP contribution in [0.2, 0.25) is 0 Å². The van der Waals surface area contributed by atoms with Crippen molar-refractivity contribution in [2.45, 2.75) is 129 Å². The van der Waals surface area contributed by atoms with Crippen molar-refractivity contribution in [3.05, 3.63) is 0 Å². The van der Waals surface area contributed by atoms with Gasteiger partial charge in [-0.1, -0.05) is 98.3 Å². The maximum Gasteiger partial charge on any atom is 0.469 e. The second-order valence-corrected chi connectivity index (χ2v) is 10.2. The van der Waals surface area contributed by atoms with Crippen molar-refractivity contribution in [2.24, 2.45) is 0 Å². The van der Waals surface area contributed by atoms with Crippen LogP contribution in [0.4, 0.5) is 0 Å². The van der Waals surface area contributed by atoms with Crippen LogP contribution in [-0.4, -0.2) is 21.5 Å². The fraction of sp³-hybridized carbons (Fsp3) is 1.00. The molecule has 0 saturated carbocycles. The van der Waals surface area contributed by atoms with Gasteiger partial charge in [-0.2, -0.15) is 0 Å². The van der Waals surface area contributed by atoms with Crippen molar-refractivity contribution in [3.63, 3.8) is 0 Å². The van der Waals surface area contributed by atoms with Crippen molar-refractivity contribution in [1.29, 1.82) is 0 Å². The summed E-state index contributed by atoms with van der Waals surface area (Å²) in [6.07, 6.45) is 18.9. The second kappa shape index (κ2) is 19.8. The first-order valence-electron chi connectivity index (χ1n) is 11.2. The summed E-state index contributed by atoms with van der Waals surface area (Å²) >= 11 is 0. The minimum absolute atomic E-state index is 0.163.